The Kier molecular flexibility index (Phi) is 5.94. The summed E-state index contributed by atoms with van der Waals surface area (Å²) in [6, 6.07) is 0. The molecule has 0 radical (unpaired) electrons. The third-order valence-corrected chi connectivity index (χ3v) is 4.48. The maximum Gasteiger partial charge on any atom is 0.0359 e. The van der Waals surface area contributed by atoms with Crippen LogP contribution >= 0.6 is 0 Å². The minimum atomic E-state index is -0.664. The minimum Gasteiger partial charge on any atom is -0.310 e. The summed E-state index contributed by atoms with van der Waals surface area (Å²) in [4.78, 5) is 2.48. The summed E-state index contributed by atoms with van der Waals surface area (Å²) in [6.07, 6.45) is 5.35. The fourth-order valence-electron chi connectivity index (χ4n) is 2.39. The zero-order valence-corrected chi connectivity index (χ0v) is 11.7. The van der Waals surface area contributed by atoms with Gasteiger partial charge in [0.2, 0.25) is 0 Å². The number of rotatable bonds is 5. The van der Waals surface area contributed by atoms with Gasteiger partial charge in [-0.25, -0.2) is 0 Å². The van der Waals surface area contributed by atoms with E-state index >= 15 is 0 Å². The Balaban J connectivity index is 2.54. The van der Waals surface area contributed by atoms with Crippen molar-refractivity contribution in [3.8, 4) is 0 Å². The van der Waals surface area contributed by atoms with Gasteiger partial charge in [-0.3, -0.25) is 4.21 Å². The molecule has 0 spiro atoms. The van der Waals surface area contributed by atoms with Gasteiger partial charge in [-0.05, 0) is 32.4 Å². The second kappa shape index (κ2) is 6.72. The summed E-state index contributed by atoms with van der Waals surface area (Å²) in [5.41, 5.74) is 0.283. The molecule has 0 amide bonds. The van der Waals surface area contributed by atoms with Crippen LogP contribution in [0.3, 0.4) is 0 Å². The molecule has 1 unspecified atom stereocenters. The molecule has 0 aromatic rings. The van der Waals surface area contributed by atoms with Gasteiger partial charge < -0.3 is 10.2 Å². The maximum absolute atomic E-state index is 11.1. The lowest BCUT2D eigenvalue weighted by Crippen LogP contribution is -2.51. The molecule has 96 valence electrons. The Morgan fingerprint density at radius 2 is 2.06 bits per heavy atom. The molecule has 16 heavy (non-hydrogen) atoms. The zero-order valence-electron chi connectivity index (χ0n) is 10.9. The second-order valence-corrected chi connectivity index (χ2v) is 6.38. The van der Waals surface area contributed by atoms with E-state index in [1.165, 1.54) is 19.3 Å². The highest BCUT2D eigenvalue weighted by Crippen LogP contribution is 2.19. The quantitative estimate of drug-likeness (QED) is 0.791. The summed E-state index contributed by atoms with van der Waals surface area (Å²) >= 11 is 0. The fourth-order valence-corrected chi connectivity index (χ4v) is 2.91. The standard InChI is InChI=1S/C12H26N2OS/c1-4-12(5-2)11-14(8-6-7-13-12)9-10-16(3)15/h13H,4-11H2,1-3H3. The number of nitrogens with one attached hydrogen (secondary N) is 1. The lowest BCUT2D eigenvalue weighted by Gasteiger charge is -2.35. The molecule has 4 heteroatoms. The molecule has 0 aromatic carbocycles. The molecule has 1 aliphatic rings. The molecule has 0 bridgehead atoms. The van der Waals surface area contributed by atoms with Gasteiger partial charge in [-0.1, -0.05) is 13.8 Å². The highest BCUT2D eigenvalue weighted by Gasteiger charge is 2.29. The SMILES string of the molecule is CCC1(CC)CN(CCS(C)=O)CCCN1. The smallest absolute Gasteiger partial charge is 0.0359 e. The molecular formula is C12H26N2OS. The van der Waals surface area contributed by atoms with Crippen molar-refractivity contribution in [2.45, 2.75) is 38.6 Å². The van der Waals surface area contributed by atoms with Gasteiger partial charge in [0.15, 0.2) is 0 Å². The maximum atomic E-state index is 11.1. The van der Waals surface area contributed by atoms with Crippen molar-refractivity contribution >= 4 is 10.8 Å². The van der Waals surface area contributed by atoms with Crippen LogP contribution in [0.4, 0.5) is 0 Å². The summed E-state index contributed by atoms with van der Waals surface area (Å²) in [7, 11) is -0.664. The zero-order chi connectivity index (χ0) is 12.0. The van der Waals surface area contributed by atoms with Crippen LogP contribution in [0.1, 0.15) is 33.1 Å². The normalized spacial score (nSPS) is 23.9. The first-order chi connectivity index (χ1) is 7.62. The first-order valence-electron chi connectivity index (χ1n) is 6.39. The van der Waals surface area contributed by atoms with Crippen molar-refractivity contribution in [3.05, 3.63) is 0 Å². The molecule has 0 saturated carbocycles. The molecule has 1 N–H and O–H groups in total. The number of hydrogen-bond donors (Lipinski definition) is 1. The predicted octanol–water partition coefficient (Wildman–Crippen LogP) is 1.22. The lowest BCUT2D eigenvalue weighted by atomic mass is 9.92. The molecular weight excluding hydrogens is 220 g/mol. The monoisotopic (exact) mass is 246 g/mol. The Morgan fingerprint density at radius 3 is 2.62 bits per heavy atom. The first kappa shape index (κ1) is 14.1. The molecule has 0 aliphatic carbocycles. The van der Waals surface area contributed by atoms with Crippen LogP contribution in [-0.4, -0.2) is 52.8 Å². The van der Waals surface area contributed by atoms with Crippen molar-refractivity contribution in [1.82, 2.24) is 10.2 Å². The van der Waals surface area contributed by atoms with Crippen LogP contribution in [0.5, 0.6) is 0 Å². The Hall–Kier alpha value is 0.0700. The second-order valence-electron chi connectivity index (χ2n) is 4.82. The van der Waals surface area contributed by atoms with Crippen LogP contribution in [0, 0.1) is 0 Å². The van der Waals surface area contributed by atoms with E-state index in [9.17, 15) is 4.21 Å². The first-order valence-corrected chi connectivity index (χ1v) is 8.12. The van der Waals surface area contributed by atoms with Crippen LogP contribution in [0.15, 0.2) is 0 Å². The third-order valence-electron chi connectivity index (χ3n) is 3.73. The van der Waals surface area contributed by atoms with Crippen molar-refractivity contribution in [2.24, 2.45) is 0 Å². The molecule has 1 heterocycles. The third kappa shape index (κ3) is 4.15. The van der Waals surface area contributed by atoms with E-state index in [1.54, 1.807) is 6.26 Å². The van der Waals surface area contributed by atoms with Gasteiger partial charge in [0.25, 0.3) is 0 Å². The largest absolute Gasteiger partial charge is 0.310 e. The van der Waals surface area contributed by atoms with Gasteiger partial charge in [0, 0.05) is 41.4 Å². The van der Waals surface area contributed by atoms with Gasteiger partial charge in [-0.2, -0.15) is 0 Å². The van der Waals surface area contributed by atoms with Gasteiger partial charge in [-0.15, -0.1) is 0 Å². The Labute approximate surface area is 102 Å². The molecule has 1 atom stereocenters. The lowest BCUT2D eigenvalue weighted by molar-refractivity contribution is 0.205. The van der Waals surface area contributed by atoms with Crippen LogP contribution in [-0.2, 0) is 10.8 Å². The van der Waals surface area contributed by atoms with E-state index in [0.29, 0.717) is 0 Å². The molecule has 1 rings (SSSR count). The summed E-state index contributed by atoms with van der Waals surface area (Å²) in [5, 5.41) is 3.69. The van der Waals surface area contributed by atoms with Crippen molar-refractivity contribution in [3.63, 3.8) is 0 Å². The van der Waals surface area contributed by atoms with Gasteiger partial charge in [0.05, 0.1) is 0 Å². The van der Waals surface area contributed by atoms with E-state index in [-0.39, 0.29) is 5.54 Å². The topological polar surface area (TPSA) is 32.3 Å². The molecule has 1 saturated heterocycles. The van der Waals surface area contributed by atoms with Crippen LogP contribution in [0.25, 0.3) is 0 Å². The van der Waals surface area contributed by atoms with Crippen molar-refractivity contribution < 1.29 is 4.21 Å². The van der Waals surface area contributed by atoms with E-state index in [0.717, 1.165) is 31.9 Å². The molecule has 1 aliphatic heterocycles. The number of nitrogens with zero attached hydrogens (tertiary/aromatic N) is 1. The van der Waals surface area contributed by atoms with Crippen molar-refractivity contribution in [2.75, 3.05) is 38.2 Å². The summed E-state index contributed by atoms with van der Waals surface area (Å²) in [6.45, 7) is 8.87. The van der Waals surface area contributed by atoms with E-state index in [2.05, 4.69) is 24.1 Å². The number of hydrogen-bond acceptors (Lipinski definition) is 3. The van der Waals surface area contributed by atoms with Crippen molar-refractivity contribution in [1.29, 1.82) is 0 Å². The fraction of sp³-hybridized carbons (Fsp3) is 1.00. The predicted molar refractivity (Wildman–Crippen MR) is 71.3 cm³/mol. The minimum absolute atomic E-state index is 0.283. The Morgan fingerprint density at radius 1 is 1.38 bits per heavy atom. The summed E-state index contributed by atoms with van der Waals surface area (Å²) in [5.74, 6) is 0.809. The highest BCUT2D eigenvalue weighted by atomic mass is 32.2. The molecule has 0 aromatic heterocycles. The van der Waals surface area contributed by atoms with Crippen LogP contribution in [0.2, 0.25) is 0 Å². The Bertz CT molecular complexity index is 229. The van der Waals surface area contributed by atoms with Gasteiger partial charge in [0.1, 0.15) is 0 Å². The van der Waals surface area contributed by atoms with E-state index in [1.807, 2.05) is 0 Å². The van der Waals surface area contributed by atoms with Crippen LogP contribution < -0.4 is 5.32 Å². The van der Waals surface area contributed by atoms with E-state index < -0.39 is 10.8 Å². The molecule has 1 fully saturated rings. The highest BCUT2D eigenvalue weighted by molar-refractivity contribution is 7.84. The average molecular weight is 246 g/mol. The van der Waals surface area contributed by atoms with Gasteiger partial charge >= 0.3 is 0 Å². The molecule has 3 nitrogen and oxygen atoms in total. The van der Waals surface area contributed by atoms with E-state index in [4.69, 9.17) is 0 Å². The summed E-state index contributed by atoms with van der Waals surface area (Å²) < 4.78 is 11.1. The average Bonchev–Trinajstić information content (AvgIpc) is 2.49.